The predicted molar refractivity (Wildman–Crippen MR) is 236 cm³/mol. The molecule has 8 aromatic carbocycles. The Kier molecular flexibility index (Phi) is 7.97. The summed E-state index contributed by atoms with van der Waals surface area (Å²) in [7, 11) is 0. The maximum atomic E-state index is 5.40. The van der Waals surface area contributed by atoms with Crippen molar-refractivity contribution in [3.8, 4) is 28.1 Å². The summed E-state index contributed by atoms with van der Waals surface area (Å²) in [6, 6.07) is 71.0. The van der Waals surface area contributed by atoms with Crippen LogP contribution in [0.4, 0.5) is 0 Å². The van der Waals surface area contributed by atoms with Gasteiger partial charge in [-0.3, -0.25) is 5.32 Å². The number of aliphatic imine (C=N–C) groups is 1. The van der Waals surface area contributed by atoms with Crippen molar-refractivity contribution in [3.05, 3.63) is 217 Å². The van der Waals surface area contributed by atoms with Crippen molar-refractivity contribution in [2.75, 3.05) is 0 Å². The molecule has 0 saturated heterocycles. The van der Waals surface area contributed by atoms with Crippen molar-refractivity contribution >= 4 is 49.3 Å². The Labute approximate surface area is 330 Å². The summed E-state index contributed by atoms with van der Waals surface area (Å²) < 4.78 is 2.36. The summed E-state index contributed by atoms with van der Waals surface area (Å²) in [5.41, 5.74) is 12.1. The molecule has 0 saturated carbocycles. The quantitative estimate of drug-likeness (QED) is 0.167. The lowest BCUT2D eigenvalue weighted by molar-refractivity contribution is 0.409. The number of hydrogen-bond acceptors (Lipinski definition) is 4. The molecule has 2 N–H and O–H groups in total. The molecule has 0 bridgehead atoms. The van der Waals surface area contributed by atoms with Crippen LogP contribution in [0.2, 0.25) is 0 Å². The highest BCUT2D eigenvalue weighted by Crippen LogP contribution is 2.40. The Morgan fingerprint density at radius 2 is 1.04 bits per heavy atom. The number of nitrogens with one attached hydrogen (secondary N) is 2. The van der Waals surface area contributed by atoms with Crippen molar-refractivity contribution in [2.24, 2.45) is 4.99 Å². The fourth-order valence-corrected chi connectivity index (χ4v) is 8.58. The van der Waals surface area contributed by atoms with Crippen LogP contribution in [-0.4, -0.2) is 15.4 Å². The summed E-state index contributed by atoms with van der Waals surface area (Å²) >= 11 is 0. The summed E-state index contributed by atoms with van der Waals surface area (Å²) in [6.07, 6.45) is -0.519. The largest absolute Gasteiger partial charge is 0.350 e. The third-order valence-corrected chi connectivity index (χ3v) is 11.3. The van der Waals surface area contributed by atoms with Gasteiger partial charge in [0.05, 0.1) is 22.2 Å². The van der Waals surface area contributed by atoms with Gasteiger partial charge in [-0.15, -0.1) is 0 Å². The maximum absolute atomic E-state index is 5.40. The fraction of sp³-hybridized carbons (Fsp3) is 0.0385. The maximum Gasteiger partial charge on any atom is 0.131 e. The van der Waals surface area contributed by atoms with Gasteiger partial charge in [-0.25, -0.2) is 9.98 Å². The van der Waals surface area contributed by atoms with E-state index < -0.39 is 0 Å². The Morgan fingerprint density at radius 1 is 0.456 bits per heavy atom. The lowest BCUT2D eigenvalue weighted by atomic mass is 9.92. The molecule has 0 fully saturated rings. The van der Waals surface area contributed by atoms with Gasteiger partial charge >= 0.3 is 0 Å². The number of pyridine rings is 1. The first-order valence-corrected chi connectivity index (χ1v) is 19.5. The lowest BCUT2D eigenvalue weighted by Gasteiger charge is -2.32. The number of hydrogen-bond donors (Lipinski definition) is 2. The Balaban J connectivity index is 1.03. The number of rotatable bonds is 6. The average molecular weight is 732 g/mol. The van der Waals surface area contributed by atoms with Gasteiger partial charge in [0.1, 0.15) is 18.2 Å². The molecule has 0 spiro atoms. The number of fused-ring (bicyclic) bond motifs is 6. The lowest BCUT2D eigenvalue weighted by Crippen LogP contribution is -2.44. The van der Waals surface area contributed by atoms with Gasteiger partial charge in [-0.1, -0.05) is 170 Å². The monoisotopic (exact) mass is 731 g/mol. The van der Waals surface area contributed by atoms with Crippen molar-refractivity contribution in [2.45, 2.75) is 12.3 Å². The highest BCUT2D eigenvalue weighted by molar-refractivity contribution is 6.17. The second-order valence-electron chi connectivity index (χ2n) is 14.6. The van der Waals surface area contributed by atoms with Gasteiger partial charge in [0.2, 0.25) is 0 Å². The van der Waals surface area contributed by atoms with Gasteiger partial charge in [0.15, 0.2) is 0 Å². The summed E-state index contributed by atoms with van der Waals surface area (Å²) in [5, 5.41) is 13.5. The first-order valence-electron chi connectivity index (χ1n) is 19.5. The van der Waals surface area contributed by atoms with Crippen molar-refractivity contribution in [3.63, 3.8) is 0 Å². The molecule has 10 aromatic rings. The highest BCUT2D eigenvalue weighted by Gasteiger charge is 2.26. The zero-order chi connectivity index (χ0) is 37.7. The molecule has 2 atom stereocenters. The van der Waals surface area contributed by atoms with Gasteiger partial charge in [-0.05, 0) is 52.6 Å². The molecule has 1 aliphatic heterocycles. The van der Waals surface area contributed by atoms with Crippen LogP contribution in [0.1, 0.15) is 29.0 Å². The number of nitrogens with zero attached hydrogens (tertiary/aromatic N) is 3. The minimum absolute atomic E-state index is 0.195. The fourth-order valence-electron chi connectivity index (χ4n) is 8.58. The standard InChI is InChI=1S/C52H37N5/c1-4-15-34(16-5-1)40-23-14-24-44-48(40)43-32-29-38(33-45(43)53-49(44)35-17-6-2-7-18-35)52-55-50(36-19-8-3-9-20-36)54-51(56-52)37-27-30-39(31-28-37)57-46-25-12-10-21-41(46)42-22-11-13-26-47(42)57/h1-33,51-52,56H,(H,54,55). The smallest absolute Gasteiger partial charge is 0.131 e. The number of para-hydroxylation sites is 2. The average Bonchev–Trinajstić information content (AvgIpc) is 3.63. The van der Waals surface area contributed by atoms with Crippen LogP contribution in [-0.2, 0) is 0 Å². The highest BCUT2D eigenvalue weighted by atomic mass is 15.3. The molecule has 0 aliphatic carbocycles. The molecular weight excluding hydrogens is 695 g/mol. The molecule has 2 unspecified atom stereocenters. The molecule has 0 amide bonds. The molecule has 3 heterocycles. The Bertz CT molecular complexity index is 3060. The van der Waals surface area contributed by atoms with Crippen LogP contribution >= 0.6 is 0 Å². The van der Waals surface area contributed by atoms with E-state index in [1.807, 2.05) is 6.07 Å². The molecule has 57 heavy (non-hydrogen) atoms. The number of benzene rings is 8. The van der Waals surface area contributed by atoms with E-state index in [2.05, 4.69) is 209 Å². The Hall–Kier alpha value is -7.34. The molecule has 0 radical (unpaired) electrons. The zero-order valence-electron chi connectivity index (χ0n) is 31.0. The third-order valence-electron chi connectivity index (χ3n) is 11.3. The molecule has 270 valence electrons. The molecular formula is C52H37N5. The van der Waals surface area contributed by atoms with E-state index in [4.69, 9.17) is 9.98 Å². The predicted octanol–water partition coefficient (Wildman–Crippen LogP) is 12.2. The van der Waals surface area contributed by atoms with E-state index in [1.165, 1.54) is 38.3 Å². The van der Waals surface area contributed by atoms with Crippen LogP contribution in [0.5, 0.6) is 0 Å². The van der Waals surface area contributed by atoms with Crippen molar-refractivity contribution in [1.29, 1.82) is 0 Å². The van der Waals surface area contributed by atoms with Gasteiger partial charge in [0, 0.05) is 43.7 Å². The van der Waals surface area contributed by atoms with Gasteiger partial charge in [-0.2, -0.15) is 0 Å². The molecule has 2 aromatic heterocycles. The van der Waals surface area contributed by atoms with Gasteiger partial charge in [0.25, 0.3) is 0 Å². The van der Waals surface area contributed by atoms with Crippen LogP contribution < -0.4 is 10.6 Å². The number of amidine groups is 1. The molecule has 1 aliphatic rings. The minimum atomic E-state index is -0.324. The SMILES string of the molecule is c1ccc(C2=NC(c3ccc4c(c3)nc(-c3ccccc3)c3cccc(-c5ccccc5)c34)NC(c3ccc(-n4c5ccccc5c5ccccc54)cc3)N2)cc1. The van der Waals surface area contributed by atoms with Crippen LogP contribution in [0, 0.1) is 0 Å². The topological polar surface area (TPSA) is 54.2 Å². The molecule has 5 nitrogen and oxygen atoms in total. The first kappa shape index (κ1) is 33.0. The van der Waals surface area contributed by atoms with E-state index in [0.29, 0.717) is 0 Å². The summed E-state index contributed by atoms with van der Waals surface area (Å²) in [4.78, 5) is 10.7. The Morgan fingerprint density at radius 3 is 1.72 bits per heavy atom. The summed E-state index contributed by atoms with van der Waals surface area (Å²) in [5.74, 6) is 0.846. The van der Waals surface area contributed by atoms with Crippen molar-refractivity contribution < 1.29 is 0 Å². The molecule has 5 heteroatoms. The van der Waals surface area contributed by atoms with Crippen molar-refractivity contribution in [1.82, 2.24) is 20.2 Å². The summed E-state index contributed by atoms with van der Waals surface area (Å²) in [6.45, 7) is 0. The van der Waals surface area contributed by atoms with Gasteiger partial charge < -0.3 is 9.88 Å². The second kappa shape index (κ2) is 13.7. The minimum Gasteiger partial charge on any atom is -0.350 e. The molecule has 11 rings (SSSR count). The van der Waals surface area contributed by atoms with Crippen LogP contribution in [0.25, 0.3) is 71.6 Å². The first-order chi connectivity index (χ1) is 28.3. The van der Waals surface area contributed by atoms with E-state index in [9.17, 15) is 0 Å². The third kappa shape index (κ3) is 5.76. The van der Waals surface area contributed by atoms with Crippen LogP contribution in [0.3, 0.4) is 0 Å². The van der Waals surface area contributed by atoms with E-state index in [0.717, 1.165) is 55.8 Å². The number of aromatic nitrogens is 2. The van der Waals surface area contributed by atoms with E-state index in [-0.39, 0.29) is 12.3 Å². The van der Waals surface area contributed by atoms with E-state index >= 15 is 0 Å². The second-order valence-corrected chi connectivity index (χ2v) is 14.6. The normalized spacial score (nSPS) is 15.5. The van der Waals surface area contributed by atoms with E-state index in [1.54, 1.807) is 0 Å². The van der Waals surface area contributed by atoms with Crippen LogP contribution in [0.15, 0.2) is 205 Å². The zero-order valence-corrected chi connectivity index (χ0v) is 31.0.